The summed E-state index contributed by atoms with van der Waals surface area (Å²) >= 11 is 0. The zero-order chi connectivity index (χ0) is 24.4. The van der Waals surface area contributed by atoms with E-state index in [9.17, 15) is 0 Å². The molecule has 6 heteroatoms. The SMILES string of the molecule is CC.CC1CCCCC1.CCNc1nc(NCCNCc2ccccc2)cc(-n2cccc2)n1. The van der Waals surface area contributed by atoms with E-state index in [-0.39, 0.29) is 0 Å². The lowest BCUT2D eigenvalue weighted by molar-refractivity contribution is 0.385. The fourth-order valence-corrected chi connectivity index (χ4v) is 3.80. The molecule has 1 aliphatic carbocycles. The van der Waals surface area contributed by atoms with Crippen molar-refractivity contribution in [3.63, 3.8) is 0 Å². The minimum atomic E-state index is 0.633. The van der Waals surface area contributed by atoms with Gasteiger partial charge in [0.2, 0.25) is 5.95 Å². The molecular formula is C28H44N6. The van der Waals surface area contributed by atoms with Gasteiger partial charge in [0.1, 0.15) is 11.6 Å². The molecule has 0 bridgehead atoms. The van der Waals surface area contributed by atoms with Crippen LogP contribution in [0.5, 0.6) is 0 Å². The molecule has 6 nitrogen and oxygen atoms in total. The highest BCUT2D eigenvalue weighted by Gasteiger charge is 2.06. The first-order chi connectivity index (χ1) is 16.7. The summed E-state index contributed by atoms with van der Waals surface area (Å²) in [6.07, 6.45) is 11.4. The molecule has 0 saturated heterocycles. The van der Waals surface area contributed by atoms with E-state index in [1.807, 2.05) is 62.0 Å². The highest BCUT2D eigenvalue weighted by Crippen LogP contribution is 2.22. The third kappa shape index (κ3) is 10.4. The van der Waals surface area contributed by atoms with Crippen molar-refractivity contribution in [1.29, 1.82) is 0 Å². The Morgan fingerprint density at radius 1 is 0.882 bits per heavy atom. The maximum absolute atomic E-state index is 4.53. The third-order valence-electron chi connectivity index (χ3n) is 5.59. The van der Waals surface area contributed by atoms with Gasteiger partial charge in [0.05, 0.1) is 0 Å². The van der Waals surface area contributed by atoms with Crippen LogP contribution in [0.3, 0.4) is 0 Å². The Kier molecular flexibility index (Phi) is 13.5. The standard InChI is InChI=1S/C19H24N6.C7H14.C2H6/c1-2-21-19-23-17(14-18(24-19)25-12-6-7-13-25)22-11-10-20-15-16-8-4-3-5-9-16;1-7-5-3-2-4-6-7;1-2/h3-9,12-14,20H,2,10-11,15H2,1H3,(H2,21,22,23,24);7H,2-6H2,1H3;1-2H3. The third-order valence-corrected chi connectivity index (χ3v) is 5.59. The molecular weight excluding hydrogens is 420 g/mol. The van der Waals surface area contributed by atoms with Gasteiger partial charge in [0.25, 0.3) is 0 Å². The predicted octanol–water partition coefficient (Wildman–Crippen LogP) is 6.51. The first-order valence-electron chi connectivity index (χ1n) is 13.0. The monoisotopic (exact) mass is 464 g/mol. The molecule has 0 aliphatic heterocycles. The van der Waals surface area contributed by atoms with Gasteiger partial charge in [0.15, 0.2) is 0 Å². The van der Waals surface area contributed by atoms with Gasteiger partial charge >= 0.3 is 0 Å². The second kappa shape index (κ2) is 16.7. The van der Waals surface area contributed by atoms with Gasteiger partial charge < -0.3 is 20.5 Å². The Morgan fingerprint density at radius 3 is 2.21 bits per heavy atom. The summed E-state index contributed by atoms with van der Waals surface area (Å²) in [5.41, 5.74) is 1.29. The van der Waals surface area contributed by atoms with Crippen LogP contribution in [-0.2, 0) is 6.54 Å². The number of rotatable bonds is 9. The van der Waals surface area contributed by atoms with Crippen molar-refractivity contribution < 1.29 is 0 Å². The number of hydrogen-bond donors (Lipinski definition) is 3. The number of nitrogens with one attached hydrogen (secondary N) is 3. The van der Waals surface area contributed by atoms with Crippen molar-refractivity contribution in [1.82, 2.24) is 19.9 Å². The van der Waals surface area contributed by atoms with Crippen LogP contribution >= 0.6 is 0 Å². The Morgan fingerprint density at radius 2 is 1.59 bits per heavy atom. The average Bonchev–Trinajstić information content (AvgIpc) is 3.42. The molecule has 2 heterocycles. The van der Waals surface area contributed by atoms with Crippen LogP contribution < -0.4 is 16.0 Å². The fourth-order valence-electron chi connectivity index (χ4n) is 3.80. The first-order valence-corrected chi connectivity index (χ1v) is 13.0. The molecule has 0 atom stereocenters. The van der Waals surface area contributed by atoms with Crippen molar-refractivity contribution >= 4 is 11.8 Å². The largest absolute Gasteiger partial charge is 0.369 e. The maximum atomic E-state index is 4.53. The van der Waals surface area contributed by atoms with Crippen LogP contribution in [-0.4, -0.2) is 34.2 Å². The summed E-state index contributed by atoms with van der Waals surface area (Å²) < 4.78 is 1.97. The Bertz CT molecular complexity index is 873. The maximum Gasteiger partial charge on any atom is 0.226 e. The van der Waals surface area contributed by atoms with E-state index in [0.717, 1.165) is 43.7 Å². The van der Waals surface area contributed by atoms with Crippen molar-refractivity contribution in [3.8, 4) is 5.82 Å². The zero-order valence-electron chi connectivity index (χ0n) is 21.6. The van der Waals surface area contributed by atoms with Crippen LogP contribution in [0.25, 0.3) is 5.82 Å². The molecule has 0 amide bonds. The van der Waals surface area contributed by atoms with E-state index in [4.69, 9.17) is 0 Å². The van der Waals surface area contributed by atoms with E-state index in [1.54, 1.807) is 0 Å². The normalized spacial score (nSPS) is 13.2. The van der Waals surface area contributed by atoms with E-state index >= 15 is 0 Å². The highest BCUT2D eigenvalue weighted by molar-refractivity contribution is 5.47. The molecule has 2 aromatic heterocycles. The second-order valence-corrected chi connectivity index (χ2v) is 8.39. The van der Waals surface area contributed by atoms with Gasteiger partial charge in [-0.25, -0.2) is 0 Å². The molecule has 0 unspecified atom stereocenters. The highest BCUT2D eigenvalue weighted by atomic mass is 15.2. The summed E-state index contributed by atoms with van der Waals surface area (Å²) in [4.78, 5) is 9.05. The fraction of sp³-hybridized carbons (Fsp3) is 0.500. The van der Waals surface area contributed by atoms with E-state index < -0.39 is 0 Å². The summed E-state index contributed by atoms with van der Waals surface area (Å²) in [6.45, 7) is 11.7. The summed E-state index contributed by atoms with van der Waals surface area (Å²) in [6, 6.07) is 16.3. The molecule has 34 heavy (non-hydrogen) atoms. The van der Waals surface area contributed by atoms with Gasteiger partial charge in [-0.05, 0) is 30.5 Å². The molecule has 1 aromatic carbocycles. The van der Waals surface area contributed by atoms with E-state index in [2.05, 4.69) is 57.1 Å². The second-order valence-electron chi connectivity index (χ2n) is 8.39. The van der Waals surface area contributed by atoms with Crippen molar-refractivity contribution in [2.24, 2.45) is 5.92 Å². The summed E-state index contributed by atoms with van der Waals surface area (Å²) in [5, 5.41) is 9.97. The molecule has 3 N–H and O–H groups in total. The van der Waals surface area contributed by atoms with Gasteiger partial charge in [-0.15, -0.1) is 0 Å². The van der Waals surface area contributed by atoms with Crippen LogP contribution in [0.4, 0.5) is 11.8 Å². The molecule has 1 fully saturated rings. The van der Waals surface area contributed by atoms with Crippen LogP contribution in [0.2, 0.25) is 0 Å². The van der Waals surface area contributed by atoms with Crippen LogP contribution in [0.1, 0.15) is 65.4 Å². The molecule has 4 rings (SSSR count). The predicted molar refractivity (Wildman–Crippen MR) is 146 cm³/mol. The van der Waals surface area contributed by atoms with Gasteiger partial charge in [-0.3, -0.25) is 0 Å². The van der Waals surface area contributed by atoms with Crippen molar-refractivity contribution in [2.45, 2.75) is 66.3 Å². The number of hydrogen-bond acceptors (Lipinski definition) is 5. The van der Waals surface area contributed by atoms with Crippen LogP contribution in [0.15, 0.2) is 60.9 Å². The van der Waals surface area contributed by atoms with Gasteiger partial charge in [-0.1, -0.05) is 83.2 Å². The quantitative estimate of drug-likeness (QED) is 0.315. The first kappa shape index (κ1) is 27.4. The molecule has 1 aliphatic rings. The number of aromatic nitrogens is 3. The Hall–Kier alpha value is -2.86. The minimum Gasteiger partial charge on any atom is -0.369 e. The molecule has 3 aromatic rings. The molecule has 1 saturated carbocycles. The molecule has 0 spiro atoms. The molecule has 0 radical (unpaired) electrons. The lowest BCUT2D eigenvalue weighted by atomic mass is 9.91. The minimum absolute atomic E-state index is 0.633. The number of anilines is 2. The van der Waals surface area contributed by atoms with Crippen molar-refractivity contribution in [2.75, 3.05) is 30.3 Å². The topological polar surface area (TPSA) is 66.8 Å². The van der Waals surface area contributed by atoms with Gasteiger partial charge in [-0.2, -0.15) is 9.97 Å². The Labute approximate surface area is 206 Å². The number of benzene rings is 1. The Balaban J connectivity index is 0.000000384. The lowest BCUT2D eigenvalue weighted by Crippen LogP contribution is -2.22. The summed E-state index contributed by atoms with van der Waals surface area (Å²) in [5.74, 6) is 3.33. The van der Waals surface area contributed by atoms with E-state index in [0.29, 0.717) is 5.95 Å². The average molecular weight is 465 g/mol. The van der Waals surface area contributed by atoms with Crippen molar-refractivity contribution in [3.05, 3.63) is 66.5 Å². The zero-order valence-corrected chi connectivity index (χ0v) is 21.6. The molecule has 186 valence electrons. The van der Waals surface area contributed by atoms with Crippen LogP contribution in [0, 0.1) is 5.92 Å². The van der Waals surface area contributed by atoms with E-state index in [1.165, 1.54) is 37.7 Å². The van der Waals surface area contributed by atoms with Gasteiger partial charge in [0, 0.05) is 44.6 Å². The number of nitrogens with zero attached hydrogens (tertiary/aromatic N) is 3. The smallest absolute Gasteiger partial charge is 0.226 e. The lowest BCUT2D eigenvalue weighted by Gasteiger charge is -2.15. The summed E-state index contributed by atoms with van der Waals surface area (Å²) in [7, 11) is 0.